The number of epoxide rings is 1. The molecule has 1 unspecified atom stereocenters. The van der Waals surface area contributed by atoms with Crippen LogP contribution in [0.2, 0.25) is 0 Å². The molecular formula is C66H50N4O5. The fraction of sp³-hybridized carbons (Fsp3) is 0.121. The van der Waals surface area contributed by atoms with Crippen molar-refractivity contribution in [2.24, 2.45) is 0 Å². The van der Waals surface area contributed by atoms with Gasteiger partial charge in [-0.2, -0.15) is 0 Å². The molecule has 1 atom stereocenters. The van der Waals surface area contributed by atoms with E-state index in [1.165, 1.54) is 0 Å². The van der Waals surface area contributed by atoms with Gasteiger partial charge in [-0.15, -0.1) is 0 Å². The molecule has 0 amide bonds. The van der Waals surface area contributed by atoms with Gasteiger partial charge in [0.15, 0.2) is 0 Å². The Balaban J connectivity index is 0.908. The van der Waals surface area contributed by atoms with Crippen LogP contribution in [0.3, 0.4) is 0 Å². The minimum atomic E-state index is 0.203. The van der Waals surface area contributed by atoms with Crippen molar-refractivity contribution in [3.05, 3.63) is 218 Å². The molecule has 0 bridgehead atoms. The zero-order valence-electron chi connectivity index (χ0n) is 41.3. The largest absolute Gasteiger partial charge is 0.456 e. The van der Waals surface area contributed by atoms with E-state index in [-0.39, 0.29) is 12.9 Å². The molecule has 8 aromatic carbocycles. The van der Waals surface area contributed by atoms with Gasteiger partial charge in [0, 0.05) is 73.8 Å². The Morgan fingerprint density at radius 1 is 0.453 bits per heavy atom. The van der Waals surface area contributed by atoms with Crippen LogP contribution in [0.15, 0.2) is 211 Å². The molecule has 0 saturated carbocycles. The quantitative estimate of drug-likeness (QED) is 0.0574. The van der Waals surface area contributed by atoms with Gasteiger partial charge in [0.1, 0.15) is 24.1 Å². The van der Waals surface area contributed by atoms with Gasteiger partial charge in [-0.1, -0.05) is 84.9 Å². The van der Waals surface area contributed by atoms with E-state index >= 15 is 0 Å². The first-order valence-electron chi connectivity index (χ1n) is 25.6. The lowest BCUT2D eigenvalue weighted by Crippen LogP contribution is -2.01. The Bertz CT molecular complexity index is 4290. The summed E-state index contributed by atoms with van der Waals surface area (Å²) in [5.74, 6) is 0. The molecule has 0 spiro atoms. The van der Waals surface area contributed by atoms with Gasteiger partial charge in [0.2, 0.25) is 0 Å². The van der Waals surface area contributed by atoms with Crippen LogP contribution in [0.1, 0.15) is 18.1 Å². The molecule has 75 heavy (non-hydrogen) atoms. The van der Waals surface area contributed by atoms with Crippen LogP contribution in [0, 0.1) is 0 Å². The summed E-state index contributed by atoms with van der Waals surface area (Å²) in [6.07, 6.45) is 3.91. The first-order valence-corrected chi connectivity index (χ1v) is 25.6. The van der Waals surface area contributed by atoms with Crippen molar-refractivity contribution in [2.45, 2.75) is 26.2 Å². The summed E-state index contributed by atoms with van der Waals surface area (Å²) < 4.78 is 34.4. The highest BCUT2D eigenvalue weighted by molar-refractivity contribution is 6.14. The molecule has 5 aromatic heterocycles. The highest BCUT2D eigenvalue weighted by Gasteiger charge is 2.23. The predicted molar refractivity (Wildman–Crippen MR) is 300 cm³/mol. The summed E-state index contributed by atoms with van der Waals surface area (Å²) in [5.41, 5.74) is 18.9. The second-order valence-electron chi connectivity index (χ2n) is 19.3. The minimum absolute atomic E-state index is 0.203. The van der Waals surface area contributed by atoms with E-state index in [1.807, 2.05) is 43.6 Å². The maximum absolute atomic E-state index is 6.64. The molecule has 9 heteroatoms. The number of furan rings is 1. The normalized spacial score (nSPS) is 13.6. The molecule has 1 fully saturated rings. The third-order valence-electron chi connectivity index (χ3n) is 14.6. The molecule has 1 aliphatic rings. The van der Waals surface area contributed by atoms with Gasteiger partial charge in [0.05, 0.1) is 59.9 Å². The Labute approximate surface area is 432 Å². The van der Waals surface area contributed by atoms with E-state index in [9.17, 15) is 0 Å². The number of pyridine rings is 2. The highest BCUT2D eigenvalue weighted by Crippen LogP contribution is 2.42. The molecule has 9 nitrogen and oxygen atoms in total. The van der Waals surface area contributed by atoms with Gasteiger partial charge in [-0.25, -0.2) is 0 Å². The maximum Gasteiger partial charge on any atom is 0.147 e. The monoisotopic (exact) mass is 978 g/mol. The molecule has 6 heterocycles. The predicted octanol–water partition coefficient (Wildman–Crippen LogP) is 15.7. The second-order valence-corrected chi connectivity index (χ2v) is 19.3. The van der Waals surface area contributed by atoms with Crippen molar-refractivity contribution in [3.63, 3.8) is 0 Å². The Morgan fingerprint density at radius 2 is 0.920 bits per heavy atom. The first kappa shape index (κ1) is 45.0. The number of ether oxygens (including phenoxy) is 4. The summed E-state index contributed by atoms with van der Waals surface area (Å²) in [7, 11) is 0. The molecule has 364 valence electrons. The fourth-order valence-electron chi connectivity index (χ4n) is 11.0. The van der Waals surface area contributed by atoms with E-state index in [0.29, 0.717) is 26.4 Å². The molecule has 0 N–H and O–H groups in total. The van der Waals surface area contributed by atoms with Crippen molar-refractivity contribution in [1.82, 2.24) is 19.1 Å². The summed E-state index contributed by atoms with van der Waals surface area (Å²) in [4.78, 5) is 9.46. The number of hydrogen-bond donors (Lipinski definition) is 0. The van der Waals surface area contributed by atoms with E-state index in [2.05, 4.69) is 179 Å². The van der Waals surface area contributed by atoms with E-state index < -0.39 is 0 Å². The topological polar surface area (TPSA) is 89.0 Å². The summed E-state index contributed by atoms with van der Waals surface area (Å²) >= 11 is 0. The molecular weight excluding hydrogens is 929 g/mol. The van der Waals surface area contributed by atoms with E-state index in [4.69, 9.17) is 33.3 Å². The molecule has 0 aliphatic carbocycles. The third-order valence-corrected chi connectivity index (χ3v) is 14.6. The van der Waals surface area contributed by atoms with Crippen LogP contribution in [0.4, 0.5) is 0 Å². The molecule has 1 saturated heterocycles. The fourth-order valence-corrected chi connectivity index (χ4v) is 11.0. The summed E-state index contributed by atoms with van der Waals surface area (Å²) in [6.45, 7) is 5.15. The number of nitrogens with zero attached hydrogens (tertiary/aromatic N) is 4. The Morgan fingerprint density at radius 3 is 1.40 bits per heavy atom. The van der Waals surface area contributed by atoms with E-state index in [1.54, 1.807) is 0 Å². The van der Waals surface area contributed by atoms with Gasteiger partial charge >= 0.3 is 0 Å². The first-order chi connectivity index (χ1) is 37.1. The van der Waals surface area contributed by atoms with Crippen LogP contribution < -0.4 is 0 Å². The second kappa shape index (κ2) is 19.0. The maximum atomic E-state index is 6.64. The summed E-state index contributed by atoms with van der Waals surface area (Å²) in [5, 5.41) is 6.67. The lowest BCUT2D eigenvalue weighted by Gasteiger charge is -2.11. The van der Waals surface area contributed by atoms with Gasteiger partial charge in [0.25, 0.3) is 0 Å². The third kappa shape index (κ3) is 8.23. The Hall–Kier alpha value is -8.70. The van der Waals surface area contributed by atoms with Crippen molar-refractivity contribution < 1.29 is 23.4 Å². The van der Waals surface area contributed by atoms with Gasteiger partial charge < -0.3 is 32.5 Å². The van der Waals surface area contributed by atoms with Crippen LogP contribution in [-0.4, -0.2) is 51.8 Å². The average Bonchev–Trinajstić information content (AvgIpc) is 4.05. The smallest absolute Gasteiger partial charge is 0.147 e. The van der Waals surface area contributed by atoms with Crippen LogP contribution in [0.25, 0.3) is 122 Å². The highest BCUT2D eigenvalue weighted by atomic mass is 16.7. The minimum Gasteiger partial charge on any atom is -0.456 e. The SMILES string of the molecule is CCOCOCc1ccc2c(c1)c1cc(-c3ccccc3-c3ccccn3)ccc1n2-c1ccc2oc3ccc(-n4c5ccc(COCC6CO6)cc5c5cc(-c6ccccc6-c6ccccn6)ccc54)cc3c2c1. The van der Waals surface area contributed by atoms with Crippen LogP contribution in [0.5, 0.6) is 0 Å². The zero-order valence-corrected chi connectivity index (χ0v) is 41.3. The Kier molecular flexibility index (Phi) is 11.4. The zero-order chi connectivity index (χ0) is 49.8. The van der Waals surface area contributed by atoms with Crippen molar-refractivity contribution in [2.75, 3.05) is 26.6 Å². The molecule has 14 rings (SSSR count). The van der Waals surface area contributed by atoms with Gasteiger partial charge in [-0.05, 0) is 149 Å². The van der Waals surface area contributed by atoms with Crippen molar-refractivity contribution in [3.8, 4) is 56.1 Å². The van der Waals surface area contributed by atoms with Crippen LogP contribution >= 0.6 is 0 Å². The van der Waals surface area contributed by atoms with Crippen molar-refractivity contribution in [1.29, 1.82) is 0 Å². The molecule has 1 aliphatic heterocycles. The lowest BCUT2D eigenvalue weighted by atomic mass is 9.96. The summed E-state index contributed by atoms with van der Waals surface area (Å²) in [6, 6.07) is 69.3. The lowest BCUT2D eigenvalue weighted by molar-refractivity contribution is -0.0571. The molecule has 13 aromatic rings. The van der Waals surface area contributed by atoms with Crippen molar-refractivity contribution >= 4 is 65.6 Å². The van der Waals surface area contributed by atoms with Gasteiger partial charge in [-0.3, -0.25) is 9.97 Å². The number of benzene rings is 8. The van der Waals surface area contributed by atoms with E-state index in [0.717, 1.165) is 139 Å². The number of rotatable bonds is 15. The van der Waals surface area contributed by atoms with Crippen LogP contribution in [-0.2, 0) is 32.2 Å². The number of fused-ring (bicyclic) bond motifs is 9. The molecule has 0 radical (unpaired) electrons. The average molecular weight is 979 g/mol. The standard InChI is InChI=1S/C66H50N4O5/c1-2-71-41-73-38-43-18-24-62-54(32-43)56-34-45(50-12-4-6-14-52(50)60-16-8-10-30-68-60)20-26-64(56)70(62)47-22-28-66-58(36-47)57-35-46(21-27-65(57)75-66)69-61-23-17-42(37-72-39-48-40-74-48)31-53(61)55-33-44(19-25-63(55)69)49-11-3-5-13-51(49)59-15-7-9-29-67-59/h3-36,48H,2,37-41H2,1H3. The number of hydrogen-bond acceptors (Lipinski definition) is 7. The number of aromatic nitrogens is 4.